The highest BCUT2D eigenvalue weighted by Crippen LogP contribution is 2.72. The van der Waals surface area contributed by atoms with Crippen LogP contribution in [0.1, 0.15) is 46.5 Å². The Kier molecular flexibility index (Phi) is 6.37. The first-order valence-corrected chi connectivity index (χ1v) is 12.7. The van der Waals surface area contributed by atoms with Gasteiger partial charge in [-0.2, -0.15) is 0 Å². The zero-order chi connectivity index (χ0) is 25.7. The number of aliphatic hydroxyl groups excluding tert-OH is 1. The fourth-order valence-electron chi connectivity index (χ4n) is 6.65. The van der Waals surface area contributed by atoms with Crippen molar-refractivity contribution >= 4 is 17.9 Å². The van der Waals surface area contributed by atoms with Gasteiger partial charge in [0, 0.05) is 24.0 Å². The van der Waals surface area contributed by atoms with Crippen molar-refractivity contribution in [2.45, 2.75) is 76.5 Å². The molecule has 0 aromatic carbocycles. The summed E-state index contributed by atoms with van der Waals surface area (Å²) in [5.41, 5.74) is -0.820. The highest BCUT2D eigenvalue weighted by molar-refractivity contribution is 5.84. The van der Waals surface area contributed by atoms with Crippen LogP contribution in [-0.4, -0.2) is 72.9 Å². The number of esters is 3. The Morgan fingerprint density at radius 2 is 1.75 bits per heavy atom. The van der Waals surface area contributed by atoms with Crippen molar-refractivity contribution < 1.29 is 43.2 Å². The molecule has 3 heterocycles. The highest BCUT2D eigenvalue weighted by atomic mass is 16.6. The van der Waals surface area contributed by atoms with Crippen LogP contribution in [0.25, 0.3) is 0 Å². The van der Waals surface area contributed by atoms with Crippen molar-refractivity contribution in [2.24, 2.45) is 16.7 Å². The van der Waals surface area contributed by atoms with Gasteiger partial charge in [0.05, 0.1) is 30.8 Å². The van der Waals surface area contributed by atoms with Gasteiger partial charge < -0.3 is 28.8 Å². The van der Waals surface area contributed by atoms with Crippen LogP contribution in [0.4, 0.5) is 0 Å². The largest absolute Gasteiger partial charge is 0.463 e. The number of ether oxygens (including phenoxy) is 5. The van der Waals surface area contributed by atoms with E-state index in [1.54, 1.807) is 6.92 Å². The normalized spacial score (nSPS) is 46.8. The number of cyclic esters (lactones) is 2. The summed E-state index contributed by atoms with van der Waals surface area (Å²) < 4.78 is 29.6. The van der Waals surface area contributed by atoms with E-state index in [2.05, 4.69) is 19.9 Å². The lowest BCUT2D eigenvalue weighted by atomic mass is 9.51. The number of carbonyl (C=O) groups excluding carboxylic acids is 3. The smallest absolute Gasteiger partial charge is 0.335 e. The van der Waals surface area contributed by atoms with E-state index in [9.17, 15) is 19.5 Å². The van der Waals surface area contributed by atoms with Gasteiger partial charge in [-0.3, -0.25) is 0 Å². The molecule has 0 unspecified atom stereocenters. The molecule has 5 aliphatic rings. The van der Waals surface area contributed by atoms with Gasteiger partial charge in [0.15, 0.2) is 6.10 Å². The molecule has 8 atom stereocenters. The summed E-state index contributed by atoms with van der Waals surface area (Å²) in [6.45, 7) is 6.34. The maximum Gasteiger partial charge on any atom is 0.335 e. The fourth-order valence-corrected chi connectivity index (χ4v) is 6.65. The first-order chi connectivity index (χ1) is 17.1. The van der Waals surface area contributed by atoms with Gasteiger partial charge in [0.25, 0.3) is 0 Å². The third kappa shape index (κ3) is 3.83. The molecule has 1 N–H and O–H groups in total. The van der Waals surface area contributed by atoms with Gasteiger partial charge in [-0.05, 0) is 32.1 Å². The van der Waals surface area contributed by atoms with E-state index in [1.807, 2.05) is 0 Å². The molecule has 0 amide bonds. The van der Waals surface area contributed by atoms with Crippen LogP contribution in [0, 0.1) is 16.7 Å². The van der Waals surface area contributed by atoms with Crippen molar-refractivity contribution in [3.8, 4) is 0 Å². The molecular weight excluding hydrogens is 468 g/mol. The Morgan fingerprint density at radius 3 is 2.47 bits per heavy atom. The lowest BCUT2D eigenvalue weighted by Crippen LogP contribution is -2.66. The van der Waals surface area contributed by atoms with Crippen LogP contribution in [-0.2, 0) is 38.1 Å². The minimum absolute atomic E-state index is 0.00000344. The van der Waals surface area contributed by atoms with Gasteiger partial charge in [0.2, 0.25) is 0 Å². The van der Waals surface area contributed by atoms with E-state index in [4.69, 9.17) is 23.7 Å². The topological polar surface area (TPSA) is 121 Å². The second kappa shape index (κ2) is 9.11. The summed E-state index contributed by atoms with van der Waals surface area (Å²) in [5.74, 6) is -2.34. The van der Waals surface area contributed by atoms with Crippen molar-refractivity contribution in [1.29, 1.82) is 0 Å². The van der Waals surface area contributed by atoms with Gasteiger partial charge in [-0.25, -0.2) is 14.4 Å². The minimum Gasteiger partial charge on any atom is -0.463 e. The summed E-state index contributed by atoms with van der Waals surface area (Å²) in [6, 6.07) is 0. The molecule has 0 aromatic rings. The molecule has 36 heavy (non-hydrogen) atoms. The third-order valence-electron chi connectivity index (χ3n) is 9.12. The van der Waals surface area contributed by atoms with Gasteiger partial charge in [0.1, 0.15) is 18.3 Å². The fraction of sp³-hybridized carbons (Fsp3) is 0.667. The van der Waals surface area contributed by atoms with E-state index >= 15 is 0 Å². The standard InChI is InChI=1S/C27H34O9/c1-16-8-10-26-14-33-24(31)23(30)17(2)9-11-32-21(28)6-4-5-7-22(29)36-18-13-20(35-19(26)12-16)27(15-34-27)25(18,26)3/h4-7,12,17-20,23,30H,8-11,13-15H2,1-3H3/b6-4+,7-5+/t17-,18-,19-,20-,23-,25-,26-,27+/m0/s1. The second-order valence-electron chi connectivity index (χ2n) is 11.0. The van der Waals surface area contributed by atoms with Crippen LogP contribution < -0.4 is 0 Å². The van der Waals surface area contributed by atoms with E-state index < -0.39 is 52.5 Å². The van der Waals surface area contributed by atoms with E-state index in [1.165, 1.54) is 29.9 Å². The summed E-state index contributed by atoms with van der Waals surface area (Å²) >= 11 is 0. The van der Waals surface area contributed by atoms with Crippen molar-refractivity contribution in [2.75, 3.05) is 19.8 Å². The molecule has 0 aromatic heterocycles. The molecule has 3 fully saturated rings. The monoisotopic (exact) mass is 502 g/mol. The molecule has 1 saturated carbocycles. The van der Waals surface area contributed by atoms with Crippen molar-refractivity contribution in [1.82, 2.24) is 0 Å². The SMILES string of the molecule is CC1=C[C@@H]2O[C@H]3C[C@@H]4OC(=O)/C=C/C=C/C(=O)OCC[C@H](C)[C@H](O)C(=O)OC[C@]2(CC1)[C@@]4(C)[C@@]31CO1. The number of aliphatic hydroxyl groups is 1. The molecule has 5 rings (SSSR count). The summed E-state index contributed by atoms with van der Waals surface area (Å²) in [5, 5.41) is 10.6. The summed E-state index contributed by atoms with van der Waals surface area (Å²) in [7, 11) is 0. The summed E-state index contributed by atoms with van der Waals surface area (Å²) in [6.07, 6.45) is 7.11. The van der Waals surface area contributed by atoms with Crippen LogP contribution in [0.5, 0.6) is 0 Å². The first kappa shape index (κ1) is 25.2. The van der Waals surface area contributed by atoms with Crippen LogP contribution in [0.3, 0.4) is 0 Å². The predicted molar refractivity (Wildman–Crippen MR) is 125 cm³/mol. The molecule has 9 heteroatoms. The second-order valence-corrected chi connectivity index (χ2v) is 11.0. The van der Waals surface area contributed by atoms with E-state index in [-0.39, 0.29) is 31.8 Å². The van der Waals surface area contributed by atoms with Crippen LogP contribution in [0.15, 0.2) is 36.0 Å². The van der Waals surface area contributed by atoms with Gasteiger partial charge in [-0.1, -0.05) is 37.6 Å². The molecule has 196 valence electrons. The molecule has 2 spiro atoms. The molecule has 2 saturated heterocycles. The number of hydrogen-bond donors (Lipinski definition) is 1. The van der Waals surface area contributed by atoms with Gasteiger partial charge >= 0.3 is 17.9 Å². The summed E-state index contributed by atoms with van der Waals surface area (Å²) in [4.78, 5) is 37.6. The zero-order valence-corrected chi connectivity index (χ0v) is 20.9. The number of epoxide rings is 1. The Labute approximate surface area is 210 Å². The zero-order valence-electron chi connectivity index (χ0n) is 20.9. The molecule has 2 aliphatic carbocycles. The van der Waals surface area contributed by atoms with E-state index in [0.29, 0.717) is 19.4 Å². The predicted octanol–water partition coefficient (Wildman–Crippen LogP) is 2.17. The Bertz CT molecular complexity index is 1020. The van der Waals surface area contributed by atoms with Crippen LogP contribution in [0.2, 0.25) is 0 Å². The lowest BCUT2D eigenvalue weighted by molar-refractivity contribution is -0.234. The van der Waals surface area contributed by atoms with Crippen LogP contribution >= 0.6 is 0 Å². The molecule has 3 aliphatic heterocycles. The maximum absolute atomic E-state index is 12.9. The molecule has 0 radical (unpaired) electrons. The Balaban J connectivity index is 1.52. The third-order valence-corrected chi connectivity index (χ3v) is 9.12. The number of allylic oxidation sites excluding steroid dienone is 3. The number of hydrogen-bond acceptors (Lipinski definition) is 9. The lowest BCUT2D eigenvalue weighted by Gasteiger charge is -2.58. The average molecular weight is 503 g/mol. The molecule has 2 bridgehead atoms. The van der Waals surface area contributed by atoms with Crippen molar-refractivity contribution in [3.05, 3.63) is 36.0 Å². The molecular formula is C27H34O9. The Morgan fingerprint density at radius 1 is 1.03 bits per heavy atom. The highest BCUT2D eigenvalue weighted by Gasteiger charge is 2.83. The van der Waals surface area contributed by atoms with E-state index in [0.717, 1.165) is 6.42 Å². The number of carbonyl (C=O) groups is 3. The molecule has 9 nitrogen and oxygen atoms in total. The number of rotatable bonds is 0. The quantitative estimate of drug-likeness (QED) is 0.230. The Hall–Kier alpha value is -2.49. The van der Waals surface area contributed by atoms with Crippen molar-refractivity contribution in [3.63, 3.8) is 0 Å². The first-order valence-electron chi connectivity index (χ1n) is 12.7. The average Bonchev–Trinajstić information content (AvgIpc) is 3.62. The minimum atomic E-state index is -1.37. The van der Waals surface area contributed by atoms with Gasteiger partial charge in [-0.15, -0.1) is 0 Å². The maximum atomic E-state index is 12.9.